The molecule has 1 amide bonds. The van der Waals surface area contributed by atoms with Crippen LogP contribution in [0.25, 0.3) is 28.2 Å². The summed E-state index contributed by atoms with van der Waals surface area (Å²) in [5.74, 6) is -0.317. The second-order valence-corrected chi connectivity index (χ2v) is 10.3. The van der Waals surface area contributed by atoms with Crippen LogP contribution in [0, 0.1) is 0 Å². The van der Waals surface area contributed by atoms with Crippen LogP contribution in [0.2, 0.25) is 0 Å². The van der Waals surface area contributed by atoms with Crippen LogP contribution in [-0.4, -0.2) is 124 Å². The van der Waals surface area contributed by atoms with Crippen LogP contribution in [0.5, 0.6) is 0 Å². The van der Waals surface area contributed by atoms with Crippen molar-refractivity contribution in [1.82, 2.24) is 35.1 Å². The number of aromatic nitrogens is 6. The van der Waals surface area contributed by atoms with Crippen molar-refractivity contribution in [2.24, 2.45) is 0 Å². The number of carbonyl (C=O) groups excluding carboxylic acids is 2. The fourth-order valence-electron chi connectivity index (χ4n) is 5.81. The van der Waals surface area contributed by atoms with Crippen molar-refractivity contribution >= 4 is 71.0 Å². The number of esters is 1. The van der Waals surface area contributed by atoms with Gasteiger partial charge in [-0.25, -0.2) is 9.78 Å². The number of imidazole rings is 1. The number of hydrogen-bond acceptors (Lipinski definition) is 8. The van der Waals surface area contributed by atoms with Crippen molar-refractivity contribution in [2.45, 2.75) is 52.0 Å². The van der Waals surface area contributed by atoms with Crippen LogP contribution in [0.4, 0.5) is 0 Å². The molecule has 2 unspecified atom stereocenters. The minimum absolute atomic E-state index is 0. The van der Waals surface area contributed by atoms with Gasteiger partial charge in [0.1, 0.15) is 17.6 Å². The number of amides is 1. The Balaban J connectivity index is 0.00000212. The smallest absolute Gasteiger partial charge is 0.347 e. The van der Waals surface area contributed by atoms with E-state index < -0.39 is 17.9 Å². The topological polar surface area (TPSA) is 139 Å². The molecule has 0 saturated heterocycles. The van der Waals surface area contributed by atoms with Gasteiger partial charge in [-0.2, -0.15) is 5.21 Å². The molecule has 0 spiro atoms. The molecule has 13 heteroatoms. The molecule has 0 aliphatic carbocycles. The number of aliphatic hydroxyl groups is 1. The average Bonchev–Trinajstić information content (AvgIpc) is 3.70. The largest absolute Gasteiger partial charge is 0.509 e. The van der Waals surface area contributed by atoms with Gasteiger partial charge in [-0.15, -0.1) is 10.2 Å². The number of fused-ring (bicyclic) bond motifs is 3. The number of carbonyl (C=O) groups is 2. The van der Waals surface area contributed by atoms with E-state index in [1.165, 1.54) is 0 Å². The Bertz CT molecular complexity index is 1650. The maximum atomic E-state index is 13.3. The summed E-state index contributed by atoms with van der Waals surface area (Å²) in [5, 5.41) is 25.8. The molecule has 2 aromatic carbocycles. The van der Waals surface area contributed by atoms with Gasteiger partial charge in [-0.3, -0.25) is 9.36 Å². The fraction of sp³-hybridized carbons (Fsp3) is 0.333. The quantitative estimate of drug-likeness (QED) is 0.178. The number of nitrogens with zero attached hydrogens (tertiary/aromatic N) is 6. The SMILES string of the molecule is CCCCc1nc2c(n1-c1ccc(-c3ccccc3-c3nn[nH]n3)cc1)C1C(O)=C(C(=O)OCC)C(=O)N1CC2C.[Na].[Na]. The van der Waals surface area contributed by atoms with Gasteiger partial charge in [0, 0.05) is 89.2 Å². The third kappa shape index (κ3) is 5.86. The first-order chi connectivity index (χ1) is 19.9. The van der Waals surface area contributed by atoms with E-state index in [0.29, 0.717) is 18.1 Å². The van der Waals surface area contributed by atoms with Gasteiger partial charge >= 0.3 is 5.97 Å². The van der Waals surface area contributed by atoms with Gasteiger partial charge in [0.15, 0.2) is 5.57 Å². The zero-order valence-corrected chi connectivity index (χ0v) is 29.2. The van der Waals surface area contributed by atoms with Crippen LogP contribution >= 0.6 is 0 Å². The Hall–Kier alpha value is -2.80. The second kappa shape index (κ2) is 13.9. The van der Waals surface area contributed by atoms with E-state index in [1.54, 1.807) is 11.8 Å². The number of rotatable bonds is 8. The molecule has 11 nitrogen and oxygen atoms in total. The number of unbranched alkanes of at least 4 members (excludes halogenated alkanes) is 1. The molecular formula is C30H31N7Na2O4. The van der Waals surface area contributed by atoms with E-state index in [0.717, 1.165) is 53.2 Å². The number of hydrogen-bond donors (Lipinski definition) is 2. The summed E-state index contributed by atoms with van der Waals surface area (Å²) in [6.07, 6.45) is 2.66. The maximum Gasteiger partial charge on any atom is 0.347 e. The molecule has 2 atom stereocenters. The molecule has 4 aromatic rings. The number of aromatic amines is 1. The first-order valence-electron chi connectivity index (χ1n) is 13.9. The van der Waals surface area contributed by atoms with Gasteiger partial charge in [0.2, 0.25) is 5.82 Å². The molecule has 2 N–H and O–H groups in total. The summed E-state index contributed by atoms with van der Waals surface area (Å²) >= 11 is 0. The van der Waals surface area contributed by atoms with Gasteiger partial charge in [-0.1, -0.05) is 56.7 Å². The fourth-order valence-corrected chi connectivity index (χ4v) is 5.81. The van der Waals surface area contributed by atoms with Crippen LogP contribution in [0.1, 0.15) is 62.8 Å². The average molecular weight is 600 g/mol. The number of aryl methyl sites for hydroxylation is 1. The maximum absolute atomic E-state index is 13.3. The Morgan fingerprint density at radius 3 is 2.47 bits per heavy atom. The van der Waals surface area contributed by atoms with Crippen molar-refractivity contribution in [2.75, 3.05) is 13.2 Å². The standard InChI is InChI=1S/C30H31N7O4.2Na/c1-4-6-11-22-31-24-17(3)16-36-26(27(38)23(29(36)39)30(40)41-5-2)25(24)37(22)19-14-12-18(13-15-19)20-9-7-8-10-21(20)28-32-34-35-33-28;;/h7-10,12-15,17,26,38H,4-6,11,16H2,1-3H3,(H,32,33,34,35);;. The van der Waals surface area contributed by atoms with Crippen LogP contribution in [0.15, 0.2) is 59.9 Å². The van der Waals surface area contributed by atoms with Crippen LogP contribution < -0.4 is 0 Å². The molecule has 43 heavy (non-hydrogen) atoms. The van der Waals surface area contributed by atoms with Gasteiger partial charge in [0.25, 0.3) is 5.91 Å². The third-order valence-electron chi connectivity index (χ3n) is 7.69. The van der Waals surface area contributed by atoms with Crippen molar-refractivity contribution in [3.63, 3.8) is 0 Å². The molecule has 2 aliphatic heterocycles. The summed E-state index contributed by atoms with van der Waals surface area (Å²) in [6, 6.07) is 15.1. The van der Waals surface area contributed by atoms with Crippen molar-refractivity contribution in [3.05, 3.63) is 77.1 Å². The molecule has 2 aliphatic rings. The summed E-state index contributed by atoms with van der Waals surface area (Å²) < 4.78 is 7.16. The molecule has 2 aromatic heterocycles. The van der Waals surface area contributed by atoms with Crippen LogP contribution in [0.3, 0.4) is 0 Å². The van der Waals surface area contributed by atoms with E-state index in [-0.39, 0.29) is 83.0 Å². The normalized spacial score (nSPS) is 17.2. The summed E-state index contributed by atoms with van der Waals surface area (Å²) in [7, 11) is 0. The number of benzene rings is 2. The van der Waals surface area contributed by atoms with Crippen molar-refractivity contribution < 1.29 is 19.4 Å². The number of ether oxygens (including phenoxy) is 1. The number of aliphatic hydroxyl groups excluding tert-OH is 1. The van der Waals surface area contributed by atoms with E-state index in [1.807, 2.05) is 60.0 Å². The molecular weight excluding hydrogens is 568 g/mol. The molecule has 0 bridgehead atoms. The molecule has 0 saturated carbocycles. The van der Waals surface area contributed by atoms with Gasteiger partial charge < -0.3 is 14.7 Å². The summed E-state index contributed by atoms with van der Waals surface area (Å²) in [5.41, 5.74) is 4.87. The van der Waals surface area contributed by atoms with E-state index in [4.69, 9.17) is 9.72 Å². The third-order valence-corrected chi connectivity index (χ3v) is 7.69. The molecule has 212 valence electrons. The van der Waals surface area contributed by atoms with E-state index >= 15 is 0 Å². The molecule has 6 rings (SSSR count). The minimum atomic E-state index is -0.811. The number of H-pyrrole nitrogens is 1. The van der Waals surface area contributed by atoms with Crippen LogP contribution in [-0.2, 0) is 20.7 Å². The number of tetrazole rings is 1. The summed E-state index contributed by atoms with van der Waals surface area (Å²) in [4.78, 5) is 32.6. The van der Waals surface area contributed by atoms with E-state index in [2.05, 4.69) is 27.5 Å². The van der Waals surface area contributed by atoms with Crippen molar-refractivity contribution in [1.29, 1.82) is 0 Å². The summed E-state index contributed by atoms with van der Waals surface area (Å²) in [6.45, 7) is 6.27. The Labute approximate surface area is 293 Å². The Morgan fingerprint density at radius 2 is 1.81 bits per heavy atom. The molecule has 0 fully saturated rings. The zero-order chi connectivity index (χ0) is 28.7. The van der Waals surface area contributed by atoms with E-state index in [9.17, 15) is 14.7 Å². The predicted molar refractivity (Wildman–Crippen MR) is 161 cm³/mol. The Kier molecular flexibility index (Phi) is 10.7. The first-order valence-corrected chi connectivity index (χ1v) is 13.9. The second-order valence-electron chi connectivity index (χ2n) is 10.3. The predicted octanol–water partition coefficient (Wildman–Crippen LogP) is 3.68. The first kappa shape index (κ1) is 33.1. The Morgan fingerprint density at radius 1 is 1.09 bits per heavy atom. The van der Waals surface area contributed by atoms with Gasteiger partial charge in [0.05, 0.1) is 18.0 Å². The number of nitrogens with one attached hydrogen (secondary N) is 1. The van der Waals surface area contributed by atoms with Gasteiger partial charge in [-0.05, 0) is 41.8 Å². The molecule has 2 radical (unpaired) electrons. The van der Waals surface area contributed by atoms with Crippen molar-refractivity contribution in [3.8, 4) is 28.2 Å². The monoisotopic (exact) mass is 599 g/mol. The minimum Gasteiger partial charge on any atom is -0.509 e. The zero-order valence-electron chi connectivity index (χ0n) is 25.2. The molecule has 4 heterocycles.